The first kappa shape index (κ1) is 33.5. The smallest absolute Gasteiger partial charge is 0.301 e. The summed E-state index contributed by atoms with van der Waals surface area (Å²) in [6.07, 6.45) is 0. The fraction of sp³-hybridized carbons (Fsp3) is 0.211. The number of ketones is 1. The molecule has 0 aliphatic carbocycles. The fourth-order valence-electron chi connectivity index (χ4n) is 5.43. The number of ether oxygens (including phenoxy) is 1. The molecular weight excluding hydrogens is 662 g/mol. The van der Waals surface area contributed by atoms with Crippen molar-refractivity contribution in [1.29, 1.82) is 0 Å². The Morgan fingerprint density at radius 1 is 0.938 bits per heavy atom. The first-order valence-electron chi connectivity index (χ1n) is 15.4. The molecule has 1 aliphatic rings. The molecule has 1 N–H and O–H groups in total. The third-order valence-electron chi connectivity index (χ3n) is 8.03. The number of aromatic nitrogens is 2. The van der Waals surface area contributed by atoms with E-state index in [1.54, 1.807) is 24.3 Å². The lowest BCUT2D eigenvalue weighted by Gasteiger charge is -2.24. The van der Waals surface area contributed by atoms with Gasteiger partial charge in [0.2, 0.25) is 5.13 Å². The molecule has 1 saturated heterocycles. The van der Waals surface area contributed by atoms with Crippen LogP contribution < -0.4 is 9.64 Å². The molecule has 0 bridgehead atoms. The maximum atomic E-state index is 13.7. The van der Waals surface area contributed by atoms with Crippen molar-refractivity contribution < 1.29 is 19.4 Å². The van der Waals surface area contributed by atoms with Crippen molar-refractivity contribution in [1.82, 2.24) is 10.2 Å². The molecule has 6 rings (SSSR count). The summed E-state index contributed by atoms with van der Waals surface area (Å²) in [4.78, 5) is 28.8. The summed E-state index contributed by atoms with van der Waals surface area (Å²) in [6, 6.07) is 29.4. The number of amides is 1. The summed E-state index contributed by atoms with van der Waals surface area (Å²) in [5, 5.41) is 21.2. The number of carbonyl (C=O) groups excluding carboxylic acids is 2. The van der Waals surface area contributed by atoms with E-state index in [2.05, 4.69) is 37.0 Å². The van der Waals surface area contributed by atoms with Gasteiger partial charge in [-0.25, -0.2) is 0 Å². The van der Waals surface area contributed by atoms with Gasteiger partial charge in [-0.2, -0.15) is 0 Å². The van der Waals surface area contributed by atoms with Crippen LogP contribution in [0.2, 0.25) is 5.02 Å². The van der Waals surface area contributed by atoms with Crippen LogP contribution in [0.15, 0.2) is 107 Å². The second kappa shape index (κ2) is 14.0. The molecule has 1 aromatic heterocycles. The van der Waals surface area contributed by atoms with E-state index in [9.17, 15) is 14.7 Å². The average Bonchev–Trinajstić information content (AvgIpc) is 3.64. The highest BCUT2D eigenvalue weighted by Gasteiger charge is 2.48. The maximum Gasteiger partial charge on any atom is 0.301 e. The Kier molecular flexibility index (Phi) is 9.73. The number of hydrogen-bond donors (Lipinski definition) is 1. The van der Waals surface area contributed by atoms with E-state index in [1.807, 2.05) is 73.7 Å². The summed E-state index contributed by atoms with van der Waals surface area (Å²) in [5.74, 6) is -0.589. The van der Waals surface area contributed by atoms with Gasteiger partial charge < -0.3 is 9.84 Å². The molecule has 1 atom stereocenters. The van der Waals surface area contributed by atoms with Crippen LogP contribution in [0.3, 0.4) is 0 Å². The Bertz CT molecular complexity index is 1980. The summed E-state index contributed by atoms with van der Waals surface area (Å²) in [5.41, 5.74) is 5.31. The SMILES string of the molecule is Cc1cccc(COc2ccc(C(O)=C3C(=O)C(=O)N(c4nnc(SCc5ccc(Cl)cc5)s4)C3c3ccc(C(C)(C)C)cc3)cc2)c1. The summed E-state index contributed by atoms with van der Waals surface area (Å²) in [7, 11) is 0. The highest BCUT2D eigenvalue weighted by molar-refractivity contribution is 8.00. The van der Waals surface area contributed by atoms with Crippen molar-refractivity contribution in [2.24, 2.45) is 0 Å². The predicted octanol–water partition coefficient (Wildman–Crippen LogP) is 9.30. The van der Waals surface area contributed by atoms with E-state index in [-0.39, 0.29) is 21.9 Å². The zero-order valence-corrected chi connectivity index (χ0v) is 29.3. The van der Waals surface area contributed by atoms with Gasteiger partial charge in [0.05, 0.1) is 11.6 Å². The molecule has 5 aromatic rings. The van der Waals surface area contributed by atoms with Gasteiger partial charge in [-0.1, -0.05) is 122 Å². The van der Waals surface area contributed by atoms with Gasteiger partial charge >= 0.3 is 5.91 Å². The lowest BCUT2D eigenvalue weighted by molar-refractivity contribution is -0.132. The molecule has 2 heterocycles. The largest absolute Gasteiger partial charge is 0.507 e. The van der Waals surface area contributed by atoms with Crippen LogP contribution in [0.5, 0.6) is 5.75 Å². The number of carbonyl (C=O) groups is 2. The number of benzene rings is 4. The zero-order chi connectivity index (χ0) is 34.0. The molecule has 10 heteroatoms. The molecule has 1 amide bonds. The van der Waals surface area contributed by atoms with Gasteiger partial charge in [0, 0.05) is 16.3 Å². The minimum absolute atomic E-state index is 0.0116. The lowest BCUT2D eigenvalue weighted by atomic mass is 9.85. The minimum Gasteiger partial charge on any atom is -0.507 e. The first-order chi connectivity index (χ1) is 23.0. The number of hydrogen-bond acceptors (Lipinski definition) is 8. The monoisotopic (exact) mass is 695 g/mol. The Hall–Kier alpha value is -4.44. The van der Waals surface area contributed by atoms with Crippen LogP contribution in [0, 0.1) is 6.92 Å². The first-order valence-corrected chi connectivity index (χ1v) is 17.6. The Morgan fingerprint density at radius 2 is 1.65 bits per heavy atom. The lowest BCUT2D eigenvalue weighted by Crippen LogP contribution is -2.29. The quantitative estimate of drug-likeness (QED) is 0.0540. The van der Waals surface area contributed by atoms with Gasteiger partial charge in [-0.3, -0.25) is 14.5 Å². The predicted molar refractivity (Wildman–Crippen MR) is 193 cm³/mol. The summed E-state index contributed by atoms with van der Waals surface area (Å²) in [6.45, 7) is 8.78. The minimum atomic E-state index is -0.904. The normalized spacial score (nSPS) is 16.0. The van der Waals surface area contributed by atoms with E-state index in [1.165, 1.54) is 28.0 Å². The van der Waals surface area contributed by atoms with Gasteiger partial charge in [0.1, 0.15) is 18.1 Å². The van der Waals surface area contributed by atoms with Crippen LogP contribution in [-0.2, 0) is 27.4 Å². The Balaban J connectivity index is 1.32. The second-order valence-corrected chi connectivity index (χ2v) is 15.2. The molecule has 0 saturated carbocycles. The Morgan fingerprint density at radius 3 is 2.31 bits per heavy atom. The van der Waals surface area contributed by atoms with Crippen molar-refractivity contribution in [3.05, 3.63) is 141 Å². The number of halogens is 1. The molecule has 1 aliphatic heterocycles. The molecule has 0 spiro atoms. The van der Waals surface area contributed by atoms with Crippen LogP contribution in [0.1, 0.15) is 60.2 Å². The van der Waals surface area contributed by atoms with E-state index < -0.39 is 17.7 Å². The van der Waals surface area contributed by atoms with Gasteiger partial charge in [-0.15, -0.1) is 10.2 Å². The fourth-order valence-corrected chi connectivity index (χ4v) is 7.38. The third kappa shape index (κ3) is 7.33. The molecule has 7 nitrogen and oxygen atoms in total. The van der Waals surface area contributed by atoms with Crippen LogP contribution >= 0.6 is 34.7 Å². The standard InChI is InChI=1S/C38H34ClN3O4S2/c1-23-6-5-7-25(20-23)21-46-30-18-12-27(13-19-30)33(43)31-32(26-10-14-28(15-11-26)38(2,3)4)42(35(45)34(31)44)36-40-41-37(48-36)47-22-24-8-16-29(39)17-9-24/h5-20,32,43H,21-22H2,1-4H3. The van der Waals surface area contributed by atoms with Crippen LogP contribution in [0.4, 0.5) is 5.13 Å². The Labute approximate surface area is 293 Å². The molecule has 244 valence electrons. The topological polar surface area (TPSA) is 92.6 Å². The molecule has 48 heavy (non-hydrogen) atoms. The van der Waals surface area contributed by atoms with Crippen molar-refractivity contribution in [2.45, 2.75) is 55.9 Å². The highest BCUT2D eigenvalue weighted by Crippen LogP contribution is 2.44. The van der Waals surface area contributed by atoms with Gasteiger partial charge in [0.15, 0.2) is 4.34 Å². The molecule has 0 radical (unpaired) electrons. The molecular formula is C38H34ClN3O4S2. The third-order valence-corrected chi connectivity index (χ3v) is 10.4. The zero-order valence-electron chi connectivity index (χ0n) is 26.9. The van der Waals surface area contributed by atoms with Crippen molar-refractivity contribution in [2.75, 3.05) is 4.90 Å². The highest BCUT2D eigenvalue weighted by atomic mass is 35.5. The molecule has 4 aromatic carbocycles. The number of rotatable bonds is 9. The summed E-state index contributed by atoms with van der Waals surface area (Å²) < 4.78 is 6.60. The van der Waals surface area contributed by atoms with Gasteiger partial charge in [0.25, 0.3) is 5.78 Å². The van der Waals surface area contributed by atoms with Crippen molar-refractivity contribution in [3.63, 3.8) is 0 Å². The maximum absolute atomic E-state index is 13.7. The van der Waals surface area contributed by atoms with E-state index in [4.69, 9.17) is 16.3 Å². The molecule has 1 fully saturated rings. The van der Waals surface area contributed by atoms with Crippen LogP contribution in [0.25, 0.3) is 5.76 Å². The number of aliphatic hydroxyl groups excluding tert-OH is 1. The van der Waals surface area contributed by atoms with Crippen molar-refractivity contribution in [3.8, 4) is 5.75 Å². The van der Waals surface area contributed by atoms with Crippen molar-refractivity contribution >= 4 is 57.3 Å². The second-order valence-electron chi connectivity index (χ2n) is 12.6. The number of thioether (sulfide) groups is 1. The van der Waals surface area contributed by atoms with Crippen LogP contribution in [-0.4, -0.2) is 27.0 Å². The number of nitrogens with zero attached hydrogens (tertiary/aromatic N) is 3. The van der Waals surface area contributed by atoms with E-state index in [0.29, 0.717) is 38.6 Å². The molecule has 1 unspecified atom stereocenters. The van der Waals surface area contributed by atoms with E-state index >= 15 is 0 Å². The number of anilines is 1. The average molecular weight is 696 g/mol. The van der Waals surface area contributed by atoms with Gasteiger partial charge in [-0.05, 0) is 71.0 Å². The van der Waals surface area contributed by atoms with E-state index in [0.717, 1.165) is 22.3 Å². The summed E-state index contributed by atoms with van der Waals surface area (Å²) >= 11 is 8.73. The number of aliphatic hydroxyl groups is 1. The number of aryl methyl sites for hydroxylation is 1. The number of Topliss-reactive ketones (excluding diaryl/α,β-unsaturated/α-hetero) is 1.